The number of rotatable bonds is 5. The molecule has 0 bridgehead atoms. The highest BCUT2D eigenvalue weighted by Crippen LogP contribution is 2.28. The van der Waals surface area contributed by atoms with Crippen LogP contribution in [0.15, 0.2) is 0 Å². The van der Waals surface area contributed by atoms with Crippen molar-refractivity contribution >= 4 is 0 Å². The summed E-state index contributed by atoms with van der Waals surface area (Å²) in [5, 5.41) is 3.66. The molecule has 0 aromatic heterocycles. The molecular weight excluding hydrogens is 204 g/mol. The molecule has 4 heteroatoms. The summed E-state index contributed by atoms with van der Waals surface area (Å²) in [6.45, 7) is 4.67. The molecule has 2 rings (SSSR count). The van der Waals surface area contributed by atoms with Crippen LogP contribution in [0.3, 0.4) is 0 Å². The largest absolute Gasteiger partial charge is 0.354 e. The smallest absolute Gasteiger partial charge is 0.171 e. The molecular formula is C12H24N2O2. The number of ether oxygens (including phenoxy) is 2. The van der Waals surface area contributed by atoms with Crippen LogP contribution < -0.4 is 5.32 Å². The van der Waals surface area contributed by atoms with E-state index in [0.29, 0.717) is 6.04 Å². The zero-order chi connectivity index (χ0) is 11.5. The minimum atomic E-state index is -0.143. The van der Waals surface area contributed by atoms with Gasteiger partial charge in [0.25, 0.3) is 0 Å². The molecule has 0 radical (unpaired) electrons. The Morgan fingerprint density at radius 2 is 1.94 bits per heavy atom. The van der Waals surface area contributed by atoms with Gasteiger partial charge in [-0.15, -0.1) is 0 Å². The Morgan fingerprint density at radius 1 is 1.19 bits per heavy atom. The van der Waals surface area contributed by atoms with Gasteiger partial charge in [0, 0.05) is 32.8 Å². The standard InChI is InChI=1S/C12H24N2O2/c1-9(12(15-2)16-3)13-10-6-8-14-7-4-5-11(10)14/h9-13H,4-8H2,1-3H3. The summed E-state index contributed by atoms with van der Waals surface area (Å²) in [4.78, 5) is 2.61. The fourth-order valence-electron chi connectivity index (χ4n) is 3.20. The lowest BCUT2D eigenvalue weighted by Gasteiger charge is -2.28. The van der Waals surface area contributed by atoms with Crippen molar-refractivity contribution in [2.75, 3.05) is 27.3 Å². The van der Waals surface area contributed by atoms with Crippen molar-refractivity contribution in [3.63, 3.8) is 0 Å². The molecule has 2 fully saturated rings. The van der Waals surface area contributed by atoms with Gasteiger partial charge in [0.1, 0.15) is 0 Å². The first-order valence-corrected chi connectivity index (χ1v) is 6.32. The van der Waals surface area contributed by atoms with E-state index in [4.69, 9.17) is 9.47 Å². The van der Waals surface area contributed by atoms with Gasteiger partial charge in [-0.2, -0.15) is 0 Å². The Kier molecular flexibility index (Phi) is 4.19. The van der Waals surface area contributed by atoms with Crippen LogP contribution in [0.1, 0.15) is 26.2 Å². The minimum Gasteiger partial charge on any atom is -0.354 e. The van der Waals surface area contributed by atoms with E-state index in [2.05, 4.69) is 17.1 Å². The van der Waals surface area contributed by atoms with E-state index in [-0.39, 0.29) is 12.3 Å². The number of hydrogen-bond acceptors (Lipinski definition) is 4. The van der Waals surface area contributed by atoms with Gasteiger partial charge in [-0.3, -0.25) is 4.90 Å². The topological polar surface area (TPSA) is 33.7 Å². The third kappa shape index (κ3) is 2.40. The fraction of sp³-hybridized carbons (Fsp3) is 1.00. The molecule has 2 aliphatic rings. The first kappa shape index (κ1) is 12.3. The maximum absolute atomic E-state index is 5.28. The van der Waals surface area contributed by atoms with Crippen molar-refractivity contribution in [1.29, 1.82) is 0 Å². The summed E-state index contributed by atoms with van der Waals surface area (Å²) in [5.41, 5.74) is 0. The number of nitrogens with zero attached hydrogens (tertiary/aromatic N) is 1. The normalized spacial score (nSPS) is 32.2. The van der Waals surface area contributed by atoms with Gasteiger partial charge in [-0.1, -0.05) is 0 Å². The second kappa shape index (κ2) is 5.45. The second-order valence-corrected chi connectivity index (χ2v) is 4.94. The van der Waals surface area contributed by atoms with Crippen LogP contribution in [0.25, 0.3) is 0 Å². The lowest BCUT2D eigenvalue weighted by molar-refractivity contribution is -0.121. The second-order valence-electron chi connectivity index (χ2n) is 4.94. The molecule has 3 atom stereocenters. The SMILES string of the molecule is COC(OC)C(C)NC1CCN2CCCC12. The molecule has 0 spiro atoms. The van der Waals surface area contributed by atoms with E-state index < -0.39 is 0 Å². The quantitative estimate of drug-likeness (QED) is 0.706. The zero-order valence-electron chi connectivity index (χ0n) is 10.6. The average Bonchev–Trinajstić information content (AvgIpc) is 2.85. The van der Waals surface area contributed by atoms with Crippen molar-refractivity contribution in [1.82, 2.24) is 10.2 Å². The van der Waals surface area contributed by atoms with E-state index in [0.717, 1.165) is 6.04 Å². The van der Waals surface area contributed by atoms with Crippen LogP contribution in [0, 0.1) is 0 Å². The molecule has 2 aliphatic heterocycles. The molecule has 3 unspecified atom stereocenters. The summed E-state index contributed by atoms with van der Waals surface area (Å²) in [6, 6.07) is 1.61. The predicted molar refractivity (Wildman–Crippen MR) is 63.4 cm³/mol. The highest BCUT2D eigenvalue weighted by atomic mass is 16.7. The zero-order valence-corrected chi connectivity index (χ0v) is 10.6. The first-order chi connectivity index (χ1) is 7.76. The monoisotopic (exact) mass is 228 g/mol. The molecule has 0 aromatic rings. The van der Waals surface area contributed by atoms with Crippen molar-refractivity contribution in [3.8, 4) is 0 Å². The summed E-state index contributed by atoms with van der Waals surface area (Å²) < 4.78 is 10.6. The van der Waals surface area contributed by atoms with Crippen LogP contribution in [0.2, 0.25) is 0 Å². The Labute approximate surface area is 98.3 Å². The summed E-state index contributed by atoms with van der Waals surface area (Å²) in [7, 11) is 3.39. The summed E-state index contributed by atoms with van der Waals surface area (Å²) in [5.74, 6) is 0. The number of nitrogens with one attached hydrogen (secondary N) is 1. The molecule has 94 valence electrons. The maximum atomic E-state index is 5.28. The minimum absolute atomic E-state index is 0.143. The molecule has 0 aliphatic carbocycles. The van der Waals surface area contributed by atoms with Crippen molar-refractivity contribution in [2.24, 2.45) is 0 Å². The van der Waals surface area contributed by atoms with Crippen molar-refractivity contribution in [3.05, 3.63) is 0 Å². The highest BCUT2D eigenvalue weighted by molar-refractivity contribution is 4.96. The Hall–Kier alpha value is -0.160. The number of methoxy groups -OCH3 is 2. The van der Waals surface area contributed by atoms with Crippen molar-refractivity contribution < 1.29 is 9.47 Å². The van der Waals surface area contributed by atoms with Crippen LogP contribution in [-0.4, -0.2) is 56.6 Å². The van der Waals surface area contributed by atoms with Gasteiger partial charge in [-0.25, -0.2) is 0 Å². The Bertz CT molecular complexity index is 221. The van der Waals surface area contributed by atoms with E-state index in [1.54, 1.807) is 14.2 Å². The average molecular weight is 228 g/mol. The molecule has 1 N–H and O–H groups in total. The van der Waals surface area contributed by atoms with E-state index in [1.807, 2.05) is 0 Å². The van der Waals surface area contributed by atoms with Crippen LogP contribution in [0.5, 0.6) is 0 Å². The molecule has 4 nitrogen and oxygen atoms in total. The predicted octanol–water partition coefficient (Wildman–Crippen LogP) is 0.820. The molecule has 2 heterocycles. The lowest BCUT2D eigenvalue weighted by atomic mass is 10.1. The molecule has 0 amide bonds. The van der Waals surface area contributed by atoms with Crippen molar-refractivity contribution in [2.45, 2.75) is 50.6 Å². The summed E-state index contributed by atoms with van der Waals surface area (Å²) in [6.07, 6.45) is 3.81. The molecule has 0 aromatic carbocycles. The summed E-state index contributed by atoms with van der Waals surface area (Å²) >= 11 is 0. The fourth-order valence-corrected chi connectivity index (χ4v) is 3.20. The lowest BCUT2D eigenvalue weighted by Crippen LogP contribution is -2.49. The van der Waals surface area contributed by atoms with Gasteiger partial charge >= 0.3 is 0 Å². The van der Waals surface area contributed by atoms with Gasteiger partial charge < -0.3 is 14.8 Å². The molecule has 16 heavy (non-hydrogen) atoms. The third-order valence-electron chi connectivity index (χ3n) is 3.96. The van der Waals surface area contributed by atoms with Gasteiger partial charge in [0.15, 0.2) is 6.29 Å². The van der Waals surface area contributed by atoms with Gasteiger partial charge in [-0.05, 0) is 32.7 Å². The highest BCUT2D eigenvalue weighted by Gasteiger charge is 2.38. The van der Waals surface area contributed by atoms with Crippen LogP contribution in [0.4, 0.5) is 0 Å². The first-order valence-electron chi connectivity index (χ1n) is 6.32. The Balaban J connectivity index is 1.85. The maximum Gasteiger partial charge on any atom is 0.171 e. The van der Waals surface area contributed by atoms with Gasteiger partial charge in [0.2, 0.25) is 0 Å². The number of fused-ring (bicyclic) bond motifs is 1. The third-order valence-corrected chi connectivity index (χ3v) is 3.96. The number of hydrogen-bond donors (Lipinski definition) is 1. The van der Waals surface area contributed by atoms with Crippen LogP contribution >= 0.6 is 0 Å². The van der Waals surface area contributed by atoms with E-state index in [9.17, 15) is 0 Å². The van der Waals surface area contributed by atoms with Gasteiger partial charge in [0.05, 0.1) is 6.04 Å². The van der Waals surface area contributed by atoms with Crippen LogP contribution in [-0.2, 0) is 9.47 Å². The Morgan fingerprint density at radius 3 is 2.62 bits per heavy atom. The molecule has 0 saturated carbocycles. The van der Waals surface area contributed by atoms with E-state index in [1.165, 1.54) is 32.4 Å². The molecule has 2 saturated heterocycles. The van der Waals surface area contributed by atoms with E-state index >= 15 is 0 Å².